The fraction of sp³-hybridized carbons (Fsp3) is 0. The van der Waals surface area contributed by atoms with E-state index in [1.165, 1.54) is 118 Å². The third-order valence-corrected chi connectivity index (χ3v) is 16.6. The lowest BCUT2D eigenvalue weighted by Gasteiger charge is -2.27. The Morgan fingerprint density at radius 3 is 1.56 bits per heavy atom. The molecule has 0 amide bonds. The molecule has 0 saturated heterocycles. The van der Waals surface area contributed by atoms with E-state index in [9.17, 15) is 0 Å². The van der Waals surface area contributed by atoms with Gasteiger partial charge in [-0.2, -0.15) is 0 Å². The summed E-state index contributed by atoms with van der Waals surface area (Å²) in [6, 6.07) is 96.2. The van der Waals surface area contributed by atoms with Crippen LogP contribution in [-0.4, -0.2) is 0 Å². The van der Waals surface area contributed by atoms with Gasteiger partial charge < -0.3 is 4.90 Å². The molecule has 0 bridgehead atoms. The smallest absolute Gasteiger partial charge is 0.0555 e. The molecule has 3 heteroatoms. The summed E-state index contributed by atoms with van der Waals surface area (Å²) in [6.45, 7) is 0. The summed E-state index contributed by atoms with van der Waals surface area (Å²) in [5.41, 5.74) is 15.5. The van der Waals surface area contributed by atoms with Gasteiger partial charge in [-0.25, -0.2) is 0 Å². The van der Waals surface area contributed by atoms with Crippen molar-refractivity contribution in [3.8, 4) is 55.6 Å². The van der Waals surface area contributed by atoms with Crippen LogP contribution in [-0.2, 0) is 0 Å². The predicted molar refractivity (Wildman–Crippen MR) is 309 cm³/mol. The van der Waals surface area contributed by atoms with Gasteiger partial charge in [0.1, 0.15) is 0 Å². The predicted octanol–water partition coefficient (Wildman–Crippen LogP) is 20.5. The van der Waals surface area contributed by atoms with Gasteiger partial charge >= 0.3 is 0 Å². The summed E-state index contributed by atoms with van der Waals surface area (Å²) in [5, 5.41) is 10.2. The van der Waals surface area contributed by atoms with Gasteiger partial charge in [0.25, 0.3) is 0 Å². The normalized spacial score (nSPS) is 11.7. The minimum absolute atomic E-state index is 1.10. The van der Waals surface area contributed by atoms with E-state index in [0.717, 1.165) is 17.1 Å². The van der Waals surface area contributed by atoms with E-state index in [2.05, 4.69) is 266 Å². The molecule has 14 rings (SSSR count). The fourth-order valence-corrected chi connectivity index (χ4v) is 13.3. The molecule has 0 fully saturated rings. The van der Waals surface area contributed by atoms with E-state index in [1.54, 1.807) is 0 Å². The van der Waals surface area contributed by atoms with Crippen LogP contribution in [0.1, 0.15) is 0 Å². The Kier molecular flexibility index (Phi) is 9.97. The van der Waals surface area contributed by atoms with Gasteiger partial charge in [-0.3, -0.25) is 0 Å². The molecule has 12 aromatic carbocycles. The maximum Gasteiger partial charge on any atom is 0.0555 e. The molecule has 0 aliphatic carbocycles. The number of fused-ring (bicyclic) bond motifs is 8. The molecule has 0 aliphatic heterocycles. The van der Waals surface area contributed by atoms with Crippen molar-refractivity contribution in [1.29, 1.82) is 0 Å². The highest BCUT2D eigenvalue weighted by atomic mass is 32.1. The second kappa shape index (κ2) is 17.1. The number of nitrogens with zero attached hydrogens (tertiary/aromatic N) is 1. The van der Waals surface area contributed by atoms with Crippen molar-refractivity contribution in [2.75, 3.05) is 4.90 Å². The van der Waals surface area contributed by atoms with Crippen LogP contribution in [0.15, 0.2) is 261 Å². The monoisotopic (exact) mass is 937 g/mol. The van der Waals surface area contributed by atoms with Crippen molar-refractivity contribution < 1.29 is 0 Å². The van der Waals surface area contributed by atoms with Crippen LogP contribution in [0.3, 0.4) is 0 Å². The summed E-state index contributed by atoms with van der Waals surface area (Å²) < 4.78 is 5.19. The molecule has 0 radical (unpaired) electrons. The van der Waals surface area contributed by atoms with Crippen molar-refractivity contribution in [3.05, 3.63) is 261 Å². The first-order valence-electron chi connectivity index (χ1n) is 24.2. The largest absolute Gasteiger partial charge is 0.310 e. The zero-order valence-electron chi connectivity index (χ0n) is 38.6. The number of hydrogen-bond acceptors (Lipinski definition) is 3. The van der Waals surface area contributed by atoms with Crippen molar-refractivity contribution in [2.24, 2.45) is 0 Å². The third-order valence-electron chi connectivity index (χ3n) is 14.3. The van der Waals surface area contributed by atoms with Gasteiger partial charge in [-0.05, 0) is 132 Å². The molecule has 0 atom stereocenters. The van der Waals surface area contributed by atoms with Gasteiger partial charge in [0.05, 0.1) is 5.69 Å². The number of benzene rings is 12. The minimum Gasteiger partial charge on any atom is -0.310 e. The molecule has 0 aliphatic rings. The zero-order valence-corrected chi connectivity index (χ0v) is 40.2. The Labute approximate surface area is 420 Å². The van der Waals surface area contributed by atoms with Gasteiger partial charge in [0, 0.05) is 57.3 Å². The Morgan fingerprint density at radius 1 is 0.254 bits per heavy atom. The SMILES string of the molecule is c1cc(-c2ccc(N(c3ccc(-c4ccccc4-c4cccc5sc6ccccc6c45)cc3)c3ccc(-c4cccc5ccccc45)c4sc5ccccc5c34)cc2)cc(-c2ccc3ccccc3c2)c1. The minimum atomic E-state index is 1.10. The molecule has 0 unspecified atom stereocenters. The number of thiophene rings is 2. The first-order chi connectivity index (χ1) is 35.2. The topological polar surface area (TPSA) is 3.24 Å². The van der Waals surface area contributed by atoms with Crippen molar-refractivity contribution in [2.45, 2.75) is 0 Å². The van der Waals surface area contributed by atoms with Crippen LogP contribution in [0.4, 0.5) is 17.1 Å². The van der Waals surface area contributed by atoms with E-state index < -0.39 is 0 Å². The molecule has 0 N–H and O–H groups in total. The summed E-state index contributed by atoms with van der Waals surface area (Å²) >= 11 is 3.76. The molecule has 2 aromatic heterocycles. The summed E-state index contributed by atoms with van der Waals surface area (Å²) in [4.78, 5) is 2.47. The first-order valence-corrected chi connectivity index (χ1v) is 25.9. The summed E-state index contributed by atoms with van der Waals surface area (Å²) in [6.07, 6.45) is 0. The second-order valence-corrected chi connectivity index (χ2v) is 20.5. The Bertz CT molecular complexity index is 4340. The van der Waals surface area contributed by atoms with Gasteiger partial charge in [-0.15, -0.1) is 22.7 Å². The number of anilines is 3. The Hall–Kier alpha value is -8.60. The summed E-state index contributed by atoms with van der Waals surface area (Å²) in [7, 11) is 0. The van der Waals surface area contributed by atoms with E-state index in [1.807, 2.05) is 22.7 Å². The molecule has 14 aromatic rings. The summed E-state index contributed by atoms with van der Waals surface area (Å²) in [5.74, 6) is 0. The first kappa shape index (κ1) is 41.4. The lowest BCUT2D eigenvalue weighted by molar-refractivity contribution is 1.30. The van der Waals surface area contributed by atoms with Crippen molar-refractivity contribution in [3.63, 3.8) is 0 Å². The van der Waals surface area contributed by atoms with Crippen LogP contribution in [0, 0.1) is 0 Å². The van der Waals surface area contributed by atoms with Gasteiger partial charge in [0.15, 0.2) is 0 Å². The molecule has 1 nitrogen and oxygen atoms in total. The van der Waals surface area contributed by atoms with Crippen LogP contribution in [0.5, 0.6) is 0 Å². The lowest BCUT2D eigenvalue weighted by atomic mass is 9.92. The molecule has 71 heavy (non-hydrogen) atoms. The standard InChI is InChI=1S/C68H43NS2/c1-2-16-48-43-51(31-30-44(48)14-1)50-19-11-18-49(42-50)45-32-36-52(37-33-45)69(62-41-40-59(57-25-12-17-46-15-3-4-20-54(46)57)68-67(62)61-24-8-10-28-64(61)71-68)53-38-34-47(35-39-53)55-21-5-6-22-56(55)58-26-13-29-65-66(58)60-23-7-9-27-63(60)70-65/h1-43H. The highest BCUT2D eigenvalue weighted by molar-refractivity contribution is 7.26. The molecule has 0 saturated carbocycles. The zero-order chi connectivity index (χ0) is 46.8. The maximum atomic E-state index is 2.47. The molecular formula is C68H43NS2. The Balaban J connectivity index is 0.921. The second-order valence-electron chi connectivity index (χ2n) is 18.4. The third kappa shape index (κ3) is 7.12. The van der Waals surface area contributed by atoms with Crippen molar-refractivity contribution >= 4 is 102 Å². The van der Waals surface area contributed by atoms with E-state index in [-0.39, 0.29) is 0 Å². The van der Waals surface area contributed by atoms with E-state index in [4.69, 9.17) is 0 Å². The molecular weight excluding hydrogens is 895 g/mol. The molecule has 332 valence electrons. The highest BCUT2D eigenvalue weighted by Gasteiger charge is 2.23. The van der Waals surface area contributed by atoms with Crippen LogP contribution >= 0.6 is 22.7 Å². The maximum absolute atomic E-state index is 2.47. The van der Waals surface area contributed by atoms with Gasteiger partial charge in [0.2, 0.25) is 0 Å². The van der Waals surface area contributed by atoms with E-state index >= 15 is 0 Å². The molecule has 2 heterocycles. The Morgan fingerprint density at radius 2 is 0.775 bits per heavy atom. The average Bonchev–Trinajstić information content (AvgIpc) is 4.03. The quantitative estimate of drug-likeness (QED) is 0.147. The lowest BCUT2D eigenvalue weighted by Crippen LogP contribution is -2.10. The van der Waals surface area contributed by atoms with Crippen LogP contribution in [0.2, 0.25) is 0 Å². The average molecular weight is 938 g/mol. The van der Waals surface area contributed by atoms with Crippen molar-refractivity contribution in [1.82, 2.24) is 0 Å². The van der Waals surface area contributed by atoms with Crippen LogP contribution in [0.25, 0.3) is 118 Å². The molecule has 0 spiro atoms. The van der Waals surface area contributed by atoms with E-state index in [0.29, 0.717) is 0 Å². The fourth-order valence-electron chi connectivity index (χ4n) is 10.9. The number of rotatable bonds is 8. The van der Waals surface area contributed by atoms with Crippen LogP contribution < -0.4 is 4.90 Å². The van der Waals surface area contributed by atoms with Gasteiger partial charge in [-0.1, -0.05) is 200 Å². The highest BCUT2D eigenvalue weighted by Crippen LogP contribution is 2.50. The number of hydrogen-bond donors (Lipinski definition) is 0.